The number of thiazole rings is 1. The first-order valence-corrected chi connectivity index (χ1v) is 8.57. The molecule has 8 heteroatoms. The lowest BCUT2D eigenvalue weighted by atomic mass is 10.2. The zero-order chi connectivity index (χ0) is 14.6. The maximum atomic E-state index is 12.2. The molecule has 5 nitrogen and oxygen atoms in total. The second-order valence-corrected chi connectivity index (χ2v) is 7.22. The lowest BCUT2D eigenvalue weighted by Crippen LogP contribution is -2.23. The lowest BCUT2D eigenvalue weighted by Gasteiger charge is -2.09. The number of nitrogens with one attached hydrogen (secondary N) is 2. The van der Waals surface area contributed by atoms with Crippen LogP contribution in [-0.2, 0) is 23.1 Å². The van der Waals surface area contributed by atoms with Crippen molar-refractivity contribution in [3.05, 3.63) is 45.4 Å². The van der Waals surface area contributed by atoms with Crippen molar-refractivity contribution < 1.29 is 8.42 Å². The predicted octanol–water partition coefficient (Wildman–Crippen LogP) is 1.99. The molecule has 0 aliphatic rings. The van der Waals surface area contributed by atoms with Crippen molar-refractivity contribution in [2.24, 2.45) is 0 Å². The molecule has 0 saturated heterocycles. The van der Waals surface area contributed by atoms with Gasteiger partial charge in [0.2, 0.25) is 10.0 Å². The summed E-state index contributed by atoms with van der Waals surface area (Å²) < 4.78 is 27.0. The summed E-state index contributed by atoms with van der Waals surface area (Å²) >= 11 is 7.42. The zero-order valence-electron chi connectivity index (χ0n) is 10.8. The monoisotopic (exact) mass is 331 g/mol. The Kier molecular flexibility index (Phi) is 5.11. The Bertz CT molecular complexity index is 672. The molecule has 2 N–H and O–H groups in total. The van der Waals surface area contributed by atoms with E-state index >= 15 is 0 Å². The summed E-state index contributed by atoms with van der Waals surface area (Å²) in [5, 5.41) is 3.49. The van der Waals surface area contributed by atoms with E-state index in [2.05, 4.69) is 15.0 Å². The molecule has 0 spiro atoms. The van der Waals surface area contributed by atoms with Crippen LogP contribution in [0.25, 0.3) is 0 Å². The third-order valence-electron chi connectivity index (χ3n) is 2.61. The molecule has 1 heterocycles. The van der Waals surface area contributed by atoms with E-state index < -0.39 is 10.0 Å². The highest BCUT2D eigenvalue weighted by Crippen LogP contribution is 2.20. The highest BCUT2D eigenvalue weighted by molar-refractivity contribution is 7.89. The second-order valence-electron chi connectivity index (χ2n) is 4.08. The van der Waals surface area contributed by atoms with E-state index in [9.17, 15) is 8.42 Å². The van der Waals surface area contributed by atoms with E-state index in [1.54, 1.807) is 30.9 Å². The van der Waals surface area contributed by atoms with Crippen LogP contribution in [0.15, 0.2) is 34.8 Å². The third kappa shape index (κ3) is 3.77. The highest BCUT2D eigenvalue weighted by Gasteiger charge is 2.15. The maximum absolute atomic E-state index is 12.2. The molecule has 0 atom stereocenters. The topological polar surface area (TPSA) is 71.1 Å². The van der Waals surface area contributed by atoms with Gasteiger partial charge in [-0.3, -0.25) is 4.98 Å². The SMILES string of the molecule is CNCc1cc(S(=O)(=O)NCc2cncs2)ccc1Cl. The van der Waals surface area contributed by atoms with Gasteiger partial charge in [-0.2, -0.15) is 0 Å². The first kappa shape index (κ1) is 15.4. The molecule has 0 amide bonds. The molecular weight excluding hydrogens is 318 g/mol. The molecule has 0 aliphatic heterocycles. The van der Waals surface area contributed by atoms with E-state index in [1.807, 2.05) is 0 Å². The van der Waals surface area contributed by atoms with Crippen molar-refractivity contribution in [2.45, 2.75) is 18.0 Å². The smallest absolute Gasteiger partial charge is 0.240 e. The fourth-order valence-electron chi connectivity index (χ4n) is 1.62. The Morgan fingerprint density at radius 1 is 1.35 bits per heavy atom. The van der Waals surface area contributed by atoms with Crippen LogP contribution in [-0.4, -0.2) is 20.4 Å². The van der Waals surface area contributed by atoms with Crippen LogP contribution in [0.1, 0.15) is 10.4 Å². The fourth-order valence-corrected chi connectivity index (χ4v) is 3.49. The van der Waals surface area contributed by atoms with Crippen LogP contribution >= 0.6 is 22.9 Å². The van der Waals surface area contributed by atoms with Gasteiger partial charge in [0, 0.05) is 29.2 Å². The molecule has 1 aromatic carbocycles. The van der Waals surface area contributed by atoms with Crippen molar-refractivity contribution in [3.8, 4) is 0 Å². The van der Waals surface area contributed by atoms with Crippen molar-refractivity contribution in [2.75, 3.05) is 7.05 Å². The van der Waals surface area contributed by atoms with E-state index in [-0.39, 0.29) is 11.4 Å². The van der Waals surface area contributed by atoms with Gasteiger partial charge >= 0.3 is 0 Å². The van der Waals surface area contributed by atoms with Crippen molar-refractivity contribution >= 4 is 33.0 Å². The number of nitrogens with zero attached hydrogens (tertiary/aromatic N) is 1. The van der Waals surface area contributed by atoms with Crippen LogP contribution in [0.5, 0.6) is 0 Å². The number of rotatable bonds is 6. The number of hydrogen-bond donors (Lipinski definition) is 2. The van der Waals surface area contributed by atoms with Crippen LogP contribution < -0.4 is 10.0 Å². The Labute approximate surface area is 127 Å². The van der Waals surface area contributed by atoms with Gasteiger partial charge in [0.05, 0.1) is 10.4 Å². The van der Waals surface area contributed by atoms with Crippen molar-refractivity contribution in [3.63, 3.8) is 0 Å². The van der Waals surface area contributed by atoms with Gasteiger partial charge in [-0.25, -0.2) is 13.1 Å². The number of benzene rings is 1. The first-order valence-electron chi connectivity index (χ1n) is 5.83. The number of sulfonamides is 1. The van der Waals surface area contributed by atoms with Crippen LogP contribution in [0.3, 0.4) is 0 Å². The van der Waals surface area contributed by atoms with Gasteiger partial charge in [0.15, 0.2) is 0 Å². The quantitative estimate of drug-likeness (QED) is 0.849. The van der Waals surface area contributed by atoms with E-state index in [0.717, 1.165) is 10.4 Å². The van der Waals surface area contributed by atoms with Gasteiger partial charge < -0.3 is 5.32 Å². The first-order chi connectivity index (χ1) is 9.53. The van der Waals surface area contributed by atoms with Gasteiger partial charge in [-0.1, -0.05) is 11.6 Å². The van der Waals surface area contributed by atoms with Crippen molar-refractivity contribution in [1.29, 1.82) is 0 Å². The second kappa shape index (κ2) is 6.64. The molecule has 1 aromatic heterocycles. The standard InChI is InChI=1S/C12H14ClN3O2S2/c1-14-5-9-4-11(2-3-12(9)13)20(17,18)16-7-10-6-15-8-19-10/h2-4,6,8,14,16H,5,7H2,1H3. The molecule has 20 heavy (non-hydrogen) atoms. The van der Waals surface area contributed by atoms with Crippen LogP contribution in [0, 0.1) is 0 Å². The molecule has 0 aliphatic carbocycles. The molecule has 2 aromatic rings. The fraction of sp³-hybridized carbons (Fsp3) is 0.250. The molecule has 0 fully saturated rings. The Morgan fingerprint density at radius 3 is 2.80 bits per heavy atom. The van der Waals surface area contributed by atoms with E-state index in [4.69, 9.17) is 11.6 Å². The molecule has 0 unspecified atom stereocenters. The maximum Gasteiger partial charge on any atom is 0.240 e. The Hall–Kier alpha value is -0.990. The Balaban J connectivity index is 2.18. The van der Waals surface area contributed by atoms with Gasteiger partial charge in [0.1, 0.15) is 0 Å². The average molecular weight is 332 g/mol. The number of halogens is 1. The summed E-state index contributed by atoms with van der Waals surface area (Å²) in [4.78, 5) is 4.97. The lowest BCUT2D eigenvalue weighted by molar-refractivity contribution is 0.581. The third-order valence-corrected chi connectivity index (χ3v) is 5.16. The summed E-state index contributed by atoms with van der Waals surface area (Å²) in [6, 6.07) is 4.67. The van der Waals surface area contributed by atoms with E-state index in [0.29, 0.717) is 11.6 Å². The molecule has 2 rings (SSSR count). The minimum absolute atomic E-state index is 0.205. The summed E-state index contributed by atoms with van der Waals surface area (Å²) in [6.07, 6.45) is 1.64. The number of aromatic nitrogens is 1. The summed E-state index contributed by atoms with van der Waals surface area (Å²) in [5.74, 6) is 0. The highest BCUT2D eigenvalue weighted by atomic mass is 35.5. The van der Waals surface area contributed by atoms with Gasteiger partial charge in [-0.05, 0) is 30.8 Å². The molecule has 108 valence electrons. The Morgan fingerprint density at radius 2 is 2.15 bits per heavy atom. The zero-order valence-corrected chi connectivity index (χ0v) is 13.1. The van der Waals surface area contributed by atoms with Crippen molar-refractivity contribution in [1.82, 2.24) is 15.0 Å². The average Bonchev–Trinajstić information content (AvgIpc) is 2.92. The summed E-state index contributed by atoms with van der Waals surface area (Å²) in [5.41, 5.74) is 2.41. The largest absolute Gasteiger partial charge is 0.316 e. The molecule has 0 bridgehead atoms. The summed E-state index contributed by atoms with van der Waals surface area (Å²) in [7, 11) is -1.77. The van der Waals surface area contributed by atoms with Gasteiger partial charge in [0.25, 0.3) is 0 Å². The number of hydrogen-bond acceptors (Lipinski definition) is 5. The van der Waals surface area contributed by atoms with Crippen LogP contribution in [0.4, 0.5) is 0 Å². The minimum atomic E-state index is -3.55. The minimum Gasteiger partial charge on any atom is -0.316 e. The van der Waals surface area contributed by atoms with Crippen LogP contribution in [0.2, 0.25) is 5.02 Å². The molecule has 0 radical (unpaired) electrons. The summed E-state index contributed by atoms with van der Waals surface area (Å²) in [6.45, 7) is 0.744. The molecule has 0 saturated carbocycles. The molecular formula is C12H14ClN3O2S2. The van der Waals surface area contributed by atoms with Gasteiger partial charge in [-0.15, -0.1) is 11.3 Å². The van der Waals surface area contributed by atoms with E-state index in [1.165, 1.54) is 17.4 Å². The normalized spacial score (nSPS) is 11.7. The predicted molar refractivity (Wildman–Crippen MR) is 80.4 cm³/mol.